The fourth-order valence-corrected chi connectivity index (χ4v) is 4.92. The zero-order valence-corrected chi connectivity index (χ0v) is 17.6. The second kappa shape index (κ2) is 9.30. The first-order valence-corrected chi connectivity index (χ1v) is 10.9. The molecule has 0 spiro atoms. The van der Waals surface area contributed by atoms with Gasteiger partial charge in [0.25, 0.3) is 5.91 Å². The smallest absolute Gasteiger partial charge is 0.337 e. The van der Waals surface area contributed by atoms with Crippen molar-refractivity contribution in [3.05, 3.63) is 57.8 Å². The van der Waals surface area contributed by atoms with E-state index in [1.807, 2.05) is 6.07 Å². The molecule has 1 saturated carbocycles. The number of alkyl halides is 3. The number of halogens is 3. The van der Waals surface area contributed by atoms with Crippen LogP contribution < -0.4 is 0 Å². The lowest BCUT2D eigenvalue weighted by Crippen LogP contribution is -2.53. The van der Waals surface area contributed by atoms with Crippen LogP contribution in [0.5, 0.6) is 0 Å². The topological polar surface area (TPSA) is 23.6 Å². The minimum atomic E-state index is -4.40. The molecule has 0 saturated heterocycles. The first-order chi connectivity index (χ1) is 13.8. The molecule has 1 fully saturated rings. The van der Waals surface area contributed by atoms with E-state index in [2.05, 4.69) is 23.3 Å². The minimum absolute atomic E-state index is 0.0541. The van der Waals surface area contributed by atoms with E-state index in [1.54, 1.807) is 23.3 Å². The zero-order valence-electron chi connectivity index (χ0n) is 16.8. The molecule has 0 aliphatic heterocycles. The molecule has 1 aliphatic rings. The zero-order chi connectivity index (χ0) is 21.0. The summed E-state index contributed by atoms with van der Waals surface area (Å²) < 4.78 is 38.4. The number of hydrogen-bond acceptors (Lipinski definition) is 3. The molecule has 2 atom stereocenters. The maximum Gasteiger partial charge on any atom is 0.416 e. The van der Waals surface area contributed by atoms with Crippen LogP contribution in [0.1, 0.15) is 53.4 Å². The third-order valence-electron chi connectivity index (χ3n) is 5.79. The molecular formula is C22H27F3N2OS. The van der Waals surface area contributed by atoms with Gasteiger partial charge >= 0.3 is 6.18 Å². The maximum atomic E-state index is 13.0. The van der Waals surface area contributed by atoms with Crippen molar-refractivity contribution < 1.29 is 18.0 Å². The molecular weight excluding hydrogens is 397 g/mol. The molecule has 1 aliphatic carbocycles. The van der Waals surface area contributed by atoms with Crippen molar-refractivity contribution in [2.24, 2.45) is 0 Å². The van der Waals surface area contributed by atoms with Gasteiger partial charge in [-0.25, -0.2) is 0 Å². The summed E-state index contributed by atoms with van der Waals surface area (Å²) >= 11 is 1.73. The minimum Gasteiger partial charge on any atom is -0.337 e. The first kappa shape index (κ1) is 21.8. The Morgan fingerprint density at radius 1 is 1.10 bits per heavy atom. The van der Waals surface area contributed by atoms with E-state index in [-0.39, 0.29) is 18.0 Å². The standard InChI is InChI=1S/C22H27F3N2OS/c1-3-27(15-18-7-6-14-29-18)20-9-5-4-8-19(20)26(2)21(28)16-10-12-17(13-11-16)22(23,24)25/h6-7,10-14,19-20H,3-5,8-9,15H2,1-2H3. The highest BCUT2D eigenvalue weighted by molar-refractivity contribution is 7.09. The van der Waals surface area contributed by atoms with E-state index in [0.717, 1.165) is 50.9 Å². The molecule has 1 aromatic carbocycles. The van der Waals surface area contributed by atoms with Crippen LogP contribution >= 0.6 is 11.3 Å². The molecule has 7 heteroatoms. The van der Waals surface area contributed by atoms with Crippen molar-refractivity contribution in [3.63, 3.8) is 0 Å². The number of amides is 1. The number of nitrogens with zero attached hydrogens (tertiary/aromatic N) is 2. The van der Waals surface area contributed by atoms with Crippen molar-refractivity contribution in [3.8, 4) is 0 Å². The van der Waals surface area contributed by atoms with E-state index in [4.69, 9.17) is 0 Å². The molecule has 2 aromatic rings. The number of thiophene rings is 1. The molecule has 1 amide bonds. The molecule has 3 rings (SSSR count). The highest BCUT2D eigenvalue weighted by Crippen LogP contribution is 2.31. The second-order valence-corrected chi connectivity index (χ2v) is 8.59. The molecule has 0 N–H and O–H groups in total. The van der Waals surface area contributed by atoms with Gasteiger partial charge < -0.3 is 4.90 Å². The van der Waals surface area contributed by atoms with Crippen molar-refractivity contribution in [2.75, 3.05) is 13.6 Å². The molecule has 0 radical (unpaired) electrons. The van der Waals surface area contributed by atoms with Gasteiger partial charge in [-0.1, -0.05) is 25.8 Å². The van der Waals surface area contributed by atoms with Gasteiger partial charge in [-0.15, -0.1) is 11.3 Å². The van der Waals surface area contributed by atoms with E-state index in [1.165, 1.54) is 17.0 Å². The summed E-state index contributed by atoms with van der Waals surface area (Å²) in [7, 11) is 1.78. The quantitative estimate of drug-likeness (QED) is 0.596. The van der Waals surface area contributed by atoms with Gasteiger partial charge in [0.05, 0.1) is 5.56 Å². The Labute approximate surface area is 174 Å². The summed E-state index contributed by atoms with van der Waals surface area (Å²) in [5.41, 5.74) is -0.438. The van der Waals surface area contributed by atoms with E-state index in [0.29, 0.717) is 5.56 Å². The van der Waals surface area contributed by atoms with Gasteiger partial charge in [-0.05, 0) is 55.1 Å². The number of carbonyl (C=O) groups is 1. The van der Waals surface area contributed by atoms with Gasteiger partial charge in [-0.2, -0.15) is 13.2 Å². The van der Waals surface area contributed by atoms with Crippen LogP contribution in [-0.4, -0.2) is 41.4 Å². The van der Waals surface area contributed by atoms with Gasteiger partial charge in [0.15, 0.2) is 0 Å². The Bertz CT molecular complexity index is 789. The average molecular weight is 425 g/mol. The summed E-state index contributed by atoms with van der Waals surface area (Å²) in [4.78, 5) is 18.5. The molecule has 158 valence electrons. The lowest BCUT2D eigenvalue weighted by Gasteiger charge is -2.43. The Morgan fingerprint density at radius 3 is 2.31 bits per heavy atom. The fourth-order valence-electron chi connectivity index (χ4n) is 4.19. The van der Waals surface area contributed by atoms with Crippen molar-refractivity contribution in [1.29, 1.82) is 0 Å². The number of carbonyl (C=O) groups excluding carboxylic acids is 1. The number of rotatable bonds is 6. The van der Waals surface area contributed by atoms with Gasteiger partial charge in [0.1, 0.15) is 0 Å². The van der Waals surface area contributed by atoms with Crippen LogP contribution in [0.25, 0.3) is 0 Å². The molecule has 2 unspecified atom stereocenters. The summed E-state index contributed by atoms with van der Waals surface area (Å²) in [5, 5.41) is 2.07. The van der Waals surface area contributed by atoms with Gasteiger partial charge in [0, 0.05) is 36.1 Å². The molecule has 0 bridgehead atoms. The third-order valence-corrected chi connectivity index (χ3v) is 6.65. The summed E-state index contributed by atoms with van der Waals surface area (Å²) in [6.07, 6.45) is -0.277. The Hall–Kier alpha value is -1.86. The third kappa shape index (κ3) is 5.20. The van der Waals surface area contributed by atoms with E-state index in [9.17, 15) is 18.0 Å². The largest absolute Gasteiger partial charge is 0.416 e. The van der Waals surface area contributed by atoms with Gasteiger partial charge in [-0.3, -0.25) is 9.69 Å². The van der Waals surface area contributed by atoms with E-state index < -0.39 is 11.7 Å². The number of benzene rings is 1. The predicted octanol–water partition coefficient (Wildman–Crippen LogP) is 5.67. The van der Waals surface area contributed by atoms with Crippen LogP contribution in [-0.2, 0) is 12.7 Å². The normalized spacial score (nSPS) is 20.1. The molecule has 1 heterocycles. The van der Waals surface area contributed by atoms with Crippen molar-refractivity contribution in [2.45, 2.75) is 57.4 Å². The SMILES string of the molecule is CCN(Cc1cccs1)C1CCCCC1N(C)C(=O)c1ccc(C(F)(F)F)cc1. The Morgan fingerprint density at radius 2 is 1.76 bits per heavy atom. The molecule has 1 aromatic heterocycles. The average Bonchev–Trinajstić information content (AvgIpc) is 3.23. The molecule has 29 heavy (non-hydrogen) atoms. The number of hydrogen-bond donors (Lipinski definition) is 0. The summed E-state index contributed by atoms with van der Waals surface area (Å²) in [5.74, 6) is -0.220. The second-order valence-electron chi connectivity index (χ2n) is 7.55. The predicted molar refractivity (Wildman–Crippen MR) is 110 cm³/mol. The van der Waals surface area contributed by atoms with Gasteiger partial charge in [0.2, 0.25) is 0 Å². The summed E-state index contributed by atoms with van der Waals surface area (Å²) in [6.45, 7) is 3.88. The van der Waals surface area contributed by atoms with Crippen molar-refractivity contribution in [1.82, 2.24) is 9.80 Å². The van der Waals surface area contributed by atoms with Crippen LogP contribution in [0.3, 0.4) is 0 Å². The number of likely N-dealkylation sites (N-methyl/N-ethyl adjacent to an activating group) is 2. The lowest BCUT2D eigenvalue weighted by atomic mass is 9.87. The van der Waals surface area contributed by atoms with Crippen LogP contribution in [0, 0.1) is 0 Å². The van der Waals surface area contributed by atoms with Crippen LogP contribution in [0.15, 0.2) is 41.8 Å². The fraction of sp³-hybridized carbons (Fsp3) is 0.500. The highest BCUT2D eigenvalue weighted by atomic mass is 32.1. The first-order valence-electron chi connectivity index (χ1n) is 10.0. The monoisotopic (exact) mass is 424 g/mol. The maximum absolute atomic E-state index is 13.0. The Kier molecular flexibility index (Phi) is 7.01. The van der Waals surface area contributed by atoms with Crippen molar-refractivity contribution >= 4 is 17.2 Å². The molecule has 3 nitrogen and oxygen atoms in total. The summed E-state index contributed by atoms with van der Waals surface area (Å²) in [6, 6.07) is 9.00. The van der Waals surface area contributed by atoms with Crippen LogP contribution in [0.2, 0.25) is 0 Å². The highest BCUT2D eigenvalue weighted by Gasteiger charge is 2.35. The van der Waals surface area contributed by atoms with Crippen LogP contribution in [0.4, 0.5) is 13.2 Å². The van der Waals surface area contributed by atoms with E-state index >= 15 is 0 Å². The Balaban J connectivity index is 1.75. The lowest BCUT2D eigenvalue weighted by molar-refractivity contribution is -0.137.